The van der Waals surface area contributed by atoms with Crippen molar-refractivity contribution in [3.05, 3.63) is 94.9 Å². The Bertz CT molecular complexity index is 1780. The van der Waals surface area contributed by atoms with Gasteiger partial charge in [-0.25, -0.2) is 19.4 Å². The number of hydroxylamine groups is 1. The van der Waals surface area contributed by atoms with Gasteiger partial charge in [-0.15, -0.1) is 0 Å². The van der Waals surface area contributed by atoms with Crippen molar-refractivity contribution >= 4 is 35.2 Å². The monoisotopic (exact) mass is 744 g/mol. The summed E-state index contributed by atoms with van der Waals surface area (Å²) in [5, 5.41) is 16.0. The van der Waals surface area contributed by atoms with Gasteiger partial charge in [-0.05, 0) is 133 Å². The number of quaternary nitrogens is 1. The van der Waals surface area contributed by atoms with E-state index in [1.54, 1.807) is 53.7 Å². The summed E-state index contributed by atoms with van der Waals surface area (Å²) in [4.78, 5) is 44.1. The van der Waals surface area contributed by atoms with Gasteiger partial charge in [-0.2, -0.15) is 0 Å². The lowest BCUT2D eigenvalue weighted by Gasteiger charge is -2.35. The van der Waals surface area contributed by atoms with Crippen LogP contribution in [-0.2, 0) is 14.3 Å². The molecule has 3 amide bonds. The molecule has 3 aliphatic heterocycles. The number of hydrogen-bond donors (Lipinski definition) is 3. The van der Waals surface area contributed by atoms with Gasteiger partial charge in [-0.3, -0.25) is 19.8 Å². The number of amides is 3. The average molecular weight is 745 g/mol. The third-order valence-electron chi connectivity index (χ3n) is 10.0. The maximum atomic E-state index is 14.1. The van der Waals surface area contributed by atoms with E-state index in [-0.39, 0.29) is 29.0 Å². The molecular formula is C41H53FN6O6. The van der Waals surface area contributed by atoms with Gasteiger partial charge in [0.25, 0.3) is 0 Å². The van der Waals surface area contributed by atoms with Crippen molar-refractivity contribution in [3.63, 3.8) is 0 Å². The molecule has 3 heterocycles. The van der Waals surface area contributed by atoms with Gasteiger partial charge in [-0.1, -0.05) is 24.3 Å². The molecule has 0 bridgehead atoms. The molecule has 54 heavy (non-hydrogen) atoms. The Morgan fingerprint density at radius 1 is 0.704 bits per heavy atom. The van der Waals surface area contributed by atoms with Crippen LogP contribution in [-0.4, -0.2) is 64.4 Å². The predicted molar refractivity (Wildman–Crippen MR) is 205 cm³/mol. The molecule has 3 N–H and O–H groups in total. The summed E-state index contributed by atoms with van der Waals surface area (Å²) in [6.07, 6.45) is 2.70. The number of ether oxygens (including phenoxy) is 2. The maximum absolute atomic E-state index is 14.1. The van der Waals surface area contributed by atoms with E-state index in [1.807, 2.05) is 48.5 Å². The number of nitrogens with zero attached hydrogens (tertiary/aromatic N) is 3. The number of benzene rings is 3. The molecule has 3 aromatic carbocycles. The quantitative estimate of drug-likeness (QED) is 0.205. The third-order valence-corrected chi connectivity index (χ3v) is 10.0. The van der Waals surface area contributed by atoms with E-state index in [1.165, 1.54) is 21.9 Å². The Balaban J connectivity index is 1.14. The van der Waals surface area contributed by atoms with Crippen LogP contribution in [0.2, 0.25) is 0 Å². The number of carbonyl (C=O) groups is 3. The molecule has 3 fully saturated rings. The Morgan fingerprint density at radius 2 is 1.20 bits per heavy atom. The summed E-state index contributed by atoms with van der Waals surface area (Å²) in [6, 6.07) is 21.4. The van der Waals surface area contributed by atoms with Crippen LogP contribution in [0.4, 0.5) is 31.0 Å². The fourth-order valence-corrected chi connectivity index (χ4v) is 7.62. The molecule has 290 valence electrons. The Hall–Kier alpha value is -4.88. The molecule has 0 saturated carbocycles. The fraction of sp³-hybridized carbons (Fsp3) is 0.488. The number of likely N-dealkylation sites (tertiary alicyclic amines) is 2. The van der Waals surface area contributed by atoms with Crippen LogP contribution in [0.15, 0.2) is 72.8 Å². The van der Waals surface area contributed by atoms with Crippen molar-refractivity contribution in [1.82, 2.24) is 9.80 Å². The lowest BCUT2D eigenvalue weighted by molar-refractivity contribution is -0.863. The molecule has 3 saturated heterocycles. The average Bonchev–Trinajstić information content (AvgIpc) is 3.88. The standard InChI is InChI=1S/C41H53FN6O6/c1-40(2,3)53-38(50)45-25-7-9-35(45)37(49)43-30-17-11-27(12-18-30)33-23-24-34(47(33)32-21-15-29(42)16-22-32)28-13-19-31(20-14-28)44-48(52)36-10-8-26-46(36)39(51)54-41(4,5)6/h11-22,33-36,44,48H,7-10,23-26H2,1-6H3,(H,43,49)/t33?,34?,35-,36+/m0/s1. The van der Waals surface area contributed by atoms with Crippen LogP contribution >= 0.6 is 0 Å². The van der Waals surface area contributed by atoms with Crippen molar-refractivity contribution in [2.24, 2.45) is 0 Å². The van der Waals surface area contributed by atoms with Crippen LogP contribution in [0.3, 0.4) is 0 Å². The van der Waals surface area contributed by atoms with Gasteiger partial charge in [0, 0.05) is 30.9 Å². The lowest BCUT2D eigenvalue weighted by Crippen LogP contribution is -3.16. The summed E-state index contributed by atoms with van der Waals surface area (Å²) >= 11 is 0. The summed E-state index contributed by atoms with van der Waals surface area (Å²) < 4.78 is 25.1. The highest BCUT2D eigenvalue weighted by Gasteiger charge is 2.39. The second-order valence-electron chi connectivity index (χ2n) is 16.4. The predicted octanol–water partition coefficient (Wildman–Crippen LogP) is 7.31. The van der Waals surface area contributed by atoms with E-state index >= 15 is 0 Å². The number of rotatable bonds is 8. The summed E-state index contributed by atoms with van der Waals surface area (Å²) in [7, 11) is 0. The van der Waals surface area contributed by atoms with E-state index in [2.05, 4.69) is 15.6 Å². The summed E-state index contributed by atoms with van der Waals surface area (Å²) in [5.74, 6) is -0.561. The first kappa shape index (κ1) is 38.8. The number of halogens is 1. The lowest BCUT2D eigenvalue weighted by atomic mass is 10.0. The first-order valence-electron chi connectivity index (χ1n) is 18.9. The zero-order valence-electron chi connectivity index (χ0n) is 32.1. The highest BCUT2D eigenvalue weighted by atomic mass is 19.1. The summed E-state index contributed by atoms with van der Waals surface area (Å²) in [6.45, 7) is 11.8. The van der Waals surface area contributed by atoms with Crippen LogP contribution in [0.5, 0.6) is 0 Å². The normalized spacial score (nSPS) is 22.3. The first-order chi connectivity index (χ1) is 25.6. The minimum absolute atomic E-state index is 0.0247. The fourth-order valence-electron chi connectivity index (χ4n) is 7.62. The topological polar surface area (TPSA) is 131 Å². The molecule has 5 atom stereocenters. The second-order valence-corrected chi connectivity index (χ2v) is 16.4. The van der Waals surface area contributed by atoms with Crippen LogP contribution in [0.25, 0.3) is 0 Å². The van der Waals surface area contributed by atoms with E-state index in [0.29, 0.717) is 37.3 Å². The molecule has 6 rings (SSSR count). The van der Waals surface area contributed by atoms with Gasteiger partial charge in [0.15, 0.2) is 6.17 Å². The van der Waals surface area contributed by atoms with Gasteiger partial charge in [0.1, 0.15) is 23.1 Å². The Labute approximate surface area is 317 Å². The third kappa shape index (κ3) is 9.25. The van der Waals surface area contributed by atoms with Crippen LogP contribution in [0, 0.1) is 11.0 Å². The van der Waals surface area contributed by atoms with E-state index in [9.17, 15) is 24.0 Å². The molecular weight excluding hydrogens is 691 g/mol. The molecule has 0 aromatic heterocycles. The maximum Gasteiger partial charge on any atom is 0.414 e. The van der Waals surface area contributed by atoms with Gasteiger partial charge < -0.3 is 24.9 Å². The number of anilines is 3. The minimum atomic E-state index is -0.651. The van der Waals surface area contributed by atoms with E-state index in [4.69, 9.17) is 9.47 Å². The highest BCUT2D eigenvalue weighted by Crippen LogP contribution is 2.47. The van der Waals surface area contributed by atoms with Crippen molar-refractivity contribution in [1.29, 1.82) is 0 Å². The van der Waals surface area contributed by atoms with Crippen molar-refractivity contribution in [2.45, 2.75) is 116 Å². The molecule has 3 unspecified atom stereocenters. The Kier molecular flexibility index (Phi) is 11.4. The van der Waals surface area contributed by atoms with Crippen LogP contribution in [0.1, 0.15) is 103 Å². The van der Waals surface area contributed by atoms with Gasteiger partial charge >= 0.3 is 12.2 Å². The van der Waals surface area contributed by atoms with Crippen LogP contribution < -0.4 is 20.8 Å². The molecule has 0 radical (unpaired) electrons. The minimum Gasteiger partial charge on any atom is -0.606 e. The molecule has 0 aliphatic carbocycles. The molecule has 0 spiro atoms. The van der Waals surface area contributed by atoms with Gasteiger partial charge in [0.2, 0.25) is 5.91 Å². The number of hydrogen-bond acceptors (Lipinski definition) is 8. The first-order valence-corrected chi connectivity index (χ1v) is 18.9. The SMILES string of the molecule is CC(C)(C)OC(=O)N1CCC[C@H]1[NH+]([O-])Nc1ccc(C2CCC(c3ccc(NC(=O)[C@@H]4CCCN4C(=O)OC(C)(C)C)cc3)N2c2ccc(F)cc2)cc1. The molecule has 3 aliphatic rings. The largest absolute Gasteiger partial charge is 0.606 e. The highest BCUT2D eigenvalue weighted by molar-refractivity contribution is 5.97. The Morgan fingerprint density at radius 3 is 1.76 bits per heavy atom. The number of carbonyl (C=O) groups excluding carboxylic acids is 3. The molecule has 13 heteroatoms. The molecule has 3 aromatic rings. The van der Waals surface area contributed by atoms with E-state index < -0.39 is 35.6 Å². The molecule has 12 nitrogen and oxygen atoms in total. The van der Waals surface area contributed by atoms with Crippen molar-refractivity contribution < 1.29 is 33.4 Å². The van der Waals surface area contributed by atoms with Crippen molar-refractivity contribution in [3.8, 4) is 0 Å². The van der Waals surface area contributed by atoms with Crippen molar-refractivity contribution in [2.75, 3.05) is 28.7 Å². The second kappa shape index (κ2) is 15.8. The van der Waals surface area contributed by atoms with E-state index in [0.717, 1.165) is 42.5 Å². The smallest absolute Gasteiger partial charge is 0.414 e. The number of nitrogens with one attached hydrogen (secondary N) is 3. The summed E-state index contributed by atoms with van der Waals surface area (Å²) in [5.41, 5.74) is 5.92. The zero-order chi connectivity index (χ0) is 38.8. The zero-order valence-corrected chi connectivity index (χ0v) is 32.1. The van der Waals surface area contributed by atoms with Gasteiger partial charge in [0.05, 0.1) is 17.8 Å².